The summed E-state index contributed by atoms with van der Waals surface area (Å²) in [6.45, 7) is 0. The van der Waals surface area contributed by atoms with E-state index in [0.29, 0.717) is 5.41 Å². The van der Waals surface area contributed by atoms with E-state index in [1.165, 1.54) is 43.2 Å². The molecular formula is C15H20N2. The van der Waals surface area contributed by atoms with Crippen molar-refractivity contribution >= 4 is 0 Å². The molecule has 2 fully saturated rings. The van der Waals surface area contributed by atoms with Gasteiger partial charge in [-0.2, -0.15) is 0 Å². The van der Waals surface area contributed by atoms with E-state index in [0.717, 1.165) is 12.1 Å². The van der Waals surface area contributed by atoms with Crippen LogP contribution in [0.25, 0.3) is 0 Å². The van der Waals surface area contributed by atoms with E-state index >= 15 is 0 Å². The lowest BCUT2D eigenvalue weighted by Crippen LogP contribution is -2.47. The molecule has 90 valence electrons. The smallest absolute Gasteiger partial charge is 0.0359 e. The van der Waals surface area contributed by atoms with E-state index in [1.54, 1.807) is 0 Å². The minimum absolute atomic E-state index is 0.267. The topological polar surface area (TPSA) is 38.0 Å². The van der Waals surface area contributed by atoms with E-state index in [2.05, 4.69) is 29.6 Å². The number of fused-ring (bicyclic) bond motifs is 3. The van der Waals surface area contributed by atoms with Crippen molar-refractivity contribution in [1.82, 2.24) is 5.32 Å². The maximum atomic E-state index is 6.58. The maximum Gasteiger partial charge on any atom is 0.0359 e. The van der Waals surface area contributed by atoms with Crippen molar-refractivity contribution in [3.8, 4) is 0 Å². The zero-order chi connectivity index (χ0) is 11.5. The Kier molecular flexibility index (Phi) is 1.98. The molecule has 2 saturated heterocycles. The van der Waals surface area contributed by atoms with Crippen molar-refractivity contribution in [2.75, 3.05) is 0 Å². The van der Waals surface area contributed by atoms with Crippen LogP contribution in [0, 0.1) is 5.41 Å². The Bertz CT molecular complexity index is 442. The molecule has 0 saturated carbocycles. The molecule has 2 nitrogen and oxygen atoms in total. The van der Waals surface area contributed by atoms with Crippen LogP contribution in [0.4, 0.5) is 0 Å². The van der Waals surface area contributed by atoms with Crippen molar-refractivity contribution in [3.63, 3.8) is 0 Å². The summed E-state index contributed by atoms with van der Waals surface area (Å²) in [5.41, 5.74) is 9.85. The summed E-state index contributed by atoms with van der Waals surface area (Å²) in [6, 6.07) is 10.5. The van der Waals surface area contributed by atoms with Crippen LogP contribution in [0.2, 0.25) is 0 Å². The molecule has 0 aromatic heterocycles. The van der Waals surface area contributed by atoms with Gasteiger partial charge in [0.1, 0.15) is 0 Å². The first-order chi connectivity index (χ1) is 8.27. The summed E-state index contributed by atoms with van der Waals surface area (Å²) in [5.74, 6) is 0. The average Bonchev–Trinajstić information content (AvgIpc) is 2.80. The molecule has 3 atom stereocenters. The summed E-state index contributed by atoms with van der Waals surface area (Å²) in [4.78, 5) is 0. The number of nitrogens with two attached hydrogens (primary N) is 1. The standard InChI is InChI=1S/C15H20N2/c16-14-13-4-2-1-3-10(13)7-15(14)8-11-5-6-12(9-15)17-11/h1-4,11-12,14,17H,5-9,16H2/t11?,12?,14-,15?/m1/s1. The largest absolute Gasteiger partial charge is 0.323 e. The van der Waals surface area contributed by atoms with Gasteiger partial charge in [0.2, 0.25) is 0 Å². The lowest BCUT2D eigenvalue weighted by Gasteiger charge is -2.41. The molecule has 1 aromatic carbocycles. The van der Waals surface area contributed by atoms with Crippen LogP contribution in [-0.4, -0.2) is 12.1 Å². The van der Waals surface area contributed by atoms with Crippen molar-refractivity contribution < 1.29 is 0 Å². The van der Waals surface area contributed by atoms with Gasteiger partial charge in [0.15, 0.2) is 0 Å². The Balaban J connectivity index is 1.73. The molecule has 0 amide bonds. The quantitative estimate of drug-likeness (QED) is 0.714. The third-order valence-corrected chi connectivity index (χ3v) is 5.23. The van der Waals surface area contributed by atoms with Gasteiger partial charge in [-0.05, 0) is 48.6 Å². The number of benzene rings is 1. The van der Waals surface area contributed by atoms with Crippen LogP contribution in [0.5, 0.6) is 0 Å². The Labute approximate surface area is 103 Å². The predicted octanol–water partition coefficient (Wildman–Crippen LogP) is 2.14. The van der Waals surface area contributed by atoms with Crippen molar-refractivity contribution in [2.45, 2.75) is 50.2 Å². The molecule has 2 heterocycles. The van der Waals surface area contributed by atoms with Crippen LogP contribution in [0.1, 0.15) is 42.9 Å². The second-order valence-corrected chi connectivity index (χ2v) is 6.26. The van der Waals surface area contributed by atoms with Crippen molar-refractivity contribution in [1.29, 1.82) is 0 Å². The van der Waals surface area contributed by atoms with Gasteiger partial charge in [-0.15, -0.1) is 0 Å². The molecule has 2 heteroatoms. The third kappa shape index (κ3) is 1.34. The molecule has 2 bridgehead atoms. The first kappa shape index (κ1) is 10.1. The molecular weight excluding hydrogens is 208 g/mol. The minimum atomic E-state index is 0.267. The van der Waals surface area contributed by atoms with E-state index in [9.17, 15) is 0 Å². The van der Waals surface area contributed by atoms with Crippen molar-refractivity contribution in [3.05, 3.63) is 35.4 Å². The molecule has 3 aliphatic rings. The number of hydrogen-bond acceptors (Lipinski definition) is 2. The Morgan fingerprint density at radius 2 is 1.82 bits per heavy atom. The number of hydrogen-bond donors (Lipinski definition) is 2. The van der Waals surface area contributed by atoms with Crippen LogP contribution < -0.4 is 11.1 Å². The highest BCUT2D eigenvalue weighted by Crippen LogP contribution is 2.54. The molecule has 1 aromatic rings. The molecule has 1 spiro atoms. The molecule has 4 rings (SSSR count). The molecule has 1 aliphatic carbocycles. The zero-order valence-electron chi connectivity index (χ0n) is 10.2. The highest BCUT2D eigenvalue weighted by molar-refractivity contribution is 5.38. The maximum absolute atomic E-state index is 6.58. The summed E-state index contributed by atoms with van der Waals surface area (Å²) >= 11 is 0. The summed E-state index contributed by atoms with van der Waals surface area (Å²) in [7, 11) is 0. The fraction of sp³-hybridized carbons (Fsp3) is 0.600. The van der Waals surface area contributed by atoms with Gasteiger partial charge in [0, 0.05) is 18.1 Å². The monoisotopic (exact) mass is 228 g/mol. The van der Waals surface area contributed by atoms with Crippen LogP contribution in [0.15, 0.2) is 24.3 Å². The van der Waals surface area contributed by atoms with Gasteiger partial charge >= 0.3 is 0 Å². The van der Waals surface area contributed by atoms with E-state index in [4.69, 9.17) is 5.73 Å². The van der Waals surface area contributed by atoms with Crippen LogP contribution >= 0.6 is 0 Å². The highest BCUT2D eigenvalue weighted by Gasteiger charge is 2.50. The number of rotatable bonds is 0. The average molecular weight is 228 g/mol. The van der Waals surface area contributed by atoms with E-state index in [1.807, 2.05) is 0 Å². The summed E-state index contributed by atoms with van der Waals surface area (Å²) in [5, 5.41) is 3.73. The van der Waals surface area contributed by atoms with Gasteiger partial charge in [-0.25, -0.2) is 0 Å². The van der Waals surface area contributed by atoms with Crippen LogP contribution in [0.3, 0.4) is 0 Å². The Morgan fingerprint density at radius 1 is 1.12 bits per heavy atom. The Hall–Kier alpha value is -0.860. The lowest BCUT2D eigenvalue weighted by atomic mass is 9.71. The number of nitrogens with one attached hydrogen (secondary N) is 1. The van der Waals surface area contributed by atoms with Gasteiger partial charge in [0.25, 0.3) is 0 Å². The molecule has 17 heavy (non-hydrogen) atoms. The Morgan fingerprint density at radius 3 is 2.53 bits per heavy atom. The molecule has 2 aliphatic heterocycles. The lowest BCUT2D eigenvalue weighted by molar-refractivity contribution is 0.136. The van der Waals surface area contributed by atoms with Crippen molar-refractivity contribution in [2.24, 2.45) is 11.1 Å². The number of piperidine rings is 1. The summed E-state index contributed by atoms with van der Waals surface area (Å²) in [6.07, 6.45) is 6.47. The molecule has 3 N–H and O–H groups in total. The van der Waals surface area contributed by atoms with Gasteiger partial charge in [0.05, 0.1) is 0 Å². The van der Waals surface area contributed by atoms with Gasteiger partial charge in [-0.3, -0.25) is 0 Å². The predicted molar refractivity (Wildman–Crippen MR) is 68.7 cm³/mol. The fourth-order valence-corrected chi connectivity index (χ4v) is 4.51. The van der Waals surface area contributed by atoms with Gasteiger partial charge in [-0.1, -0.05) is 24.3 Å². The van der Waals surface area contributed by atoms with E-state index < -0.39 is 0 Å². The zero-order valence-corrected chi connectivity index (χ0v) is 10.2. The summed E-state index contributed by atoms with van der Waals surface area (Å²) < 4.78 is 0. The first-order valence-corrected chi connectivity index (χ1v) is 6.86. The first-order valence-electron chi connectivity index (χ1n) is 6.86. The second-order valence-electron chi connectivity index (χ2n) is 6.26. The third-order valence-electron chi connectivity index (χ3n) is 5.23. The molecule has 0 radical (unpaired) electrons. The highest BCUT2D eigenvalue weighted by atomic mass is 15.0. The minimum Gasteiger partial charge on any atom is -0.323 e. The fourth-order valence-electron chi connectivity index (χ4n) is 4.51. The van der Waals surface area contributed by atoms with E-state index in [-0.39, 0.29) is 6.04 Å². The second kappa shape index (κ2) is 3.33. The SMILES string of the molecule is N[C@@H]1c2ccccc2CC12CC1CCC(C2)N1. The molecule has 2 unspecified atom stereocenters. The van der Waals surface area contributed by atoms with Crippen LogP contribution in [-0.2, 0) is 6.42 Å². The normalized spacial score (nSPS) is 43.0. The van der Waals surface area contributed by atoms with Gasteiger partial charge < -0.3 is 11.1 Å².